The van der Waals surface area contributed by atoms with E-state index < -0.39 is 0 Å². The van der Waals surface area contributed by atoms with E-state index in [-0.39, 0.29) is 0 Å². The Morgan fingerprint density at radius 3 is 2.52 bits per heavy atom. The van der Waals surface area contributed by atoms with Crippen molar-refractivity contribution in [3.8, 4) is 0 Å². The minimum atomic E-state index is 0.313. The number of piperazine rings is 1. The number of fused-ring (bicyclic) bond motifs is 1. The van der Waals surface area contributed by atoms with Crippen LogP contribution in [0.25, 0.3) is 10.9 Å². The molecule has 0 bridgehead atoms. The lowest BCUT2D eigenvalue weighted by Crippen LogP contribution is -2.47. The number of aliphatic hydroxyl groups is 1. The maximum absolute atomic E-state index is 9.91. The highest BCUT2D eigenvalue weighted by Crippen LogP contribution is 2.27. The topological polar surface area (TPSA) is 34.9 Å². The maximum atomic E-state index is 9.91. The van der Waals surface area contributed by atoms with Crippen molar-refractivity contribution >= 4 is 10.9 Å². The molecule has 3 heterocycles. The van der Waals surface area contributed by atoms with Crippen LogP contribution >= 0.6 is 0 Å². The number of benzene rings is 1. The van der Waals surface area contributed by atoms with E-state index in [1.54, 1.807) is 0 Å². The van der Waals surface area contributed by atoms with Crippen LogP contribution in [0.15, 0.2) is 30.5 Å². The second-order valence-corrected chi connectivity index (χ2v) is 8.50. The molecule has 0 spiro atoms. The van der Waals surface area contributed by atoms with Crippen molar-refractivity contribution in [2.45, 2.75) is 20.0 Å². The Bertz CT molecular complexity index is 750. The molecular weight excluding hydrogens is 336 g/mol. The van der Waals surface area contributed by atoms with Gasteiger partial charge in [-0.25, -0.2) is 0 Å². The molecule has 2 fully saturated rings. The molecule has 27 heavy (non-hydrogen) atoms. The van der Waals surface area contributed by atoms with Gasteiger partial charge in [0.25, 0.3) is 0 Å². The Kier molecular flexibility index (Phi) is 5.83. The number of rotatable bonds is 6. The maximum Gasteiger partial charge on any atom is 0.0480 e. The lowest BCUT2D eigenvalue weighted by Gasteiger charge is -2.34. The van der Waals surface area contributed by atoms with Crippen LogP contribution in [0.5, 0.6) is 0 Å². The average Bonchev–Trinajstić information content (AvgIpc) is 3.26. The molecule has 2 aliphatic rings. The fourth-order valence-electron chi connectivity index (χ4n) is 4.82. The molecule has 2 saturated heterocycles. The van der Waals surface area contributed by atoms with Gasteiger partial charge >= 0.3 is 0 Å². The monoisotopic (exact) mass is 370 g/mol. The van der Waals surface area contributed by atoms with E-state index in [1.165, 1.54) is 16.5 Å². The average molecular weight is 371 g/mol. The molecule has 5 heteroatoms. The van der Waals surface area contributed by atoms with Crippen LogP contribution in [-0.4, -0.2) is 83.8 Å². The molecule has 148 valence electrons. The number of likely N-dealkylation sites (N-methyl/N-ethyl adjacent to an activating group) is 1. The lowest BCUT2D eigenvalue weighted by molar-refractivity contribution is 0.116. The molecule has 2 aromatic rings. The number of aryl methyl sites for hydroxylation is 1. The molecule has 1 aromatic carbocycles. The van der Waals surface area contributed by atoms with Crippen LogP contribution < -0.4 is 0 Å². The summed E-state index contributed by atoms with van der Waals surface area (Å²) in [6, 6.07) is 9.09. The number of aliphatic hydroxyl groups excluding tert-OH is 1. The molecular formula is C22H34N4O. The molecule has 2 atom stereocenters. The molecule has 1 aromatic heterocycles. The van der Waals surface area contributed by atoms with E-state index in [0.29, 0.717) is 18.4 Å². The molecule has 0 unspecified atom stereocenters. The van der Waals surface area contributed by atoms with Crippen molar-refractivity contribution < 1.29 is 5.11 Å². The Balaban J connectivity index is 1.38. The van der Waals surface area contributed by atoms with Crippen molar-refractivity contribution in [2.24, 2.45) is 11.8 Å². The van der Waals surface area contributed by atoms with E-state index in [4.69, 9.17) is 0 Å². The van der Waals surface area contributed by atoms with Crippen LogP contribution in [0.3, 0.4) is 0 Å². The first kappa shape index (κ1) is 18.9. The Morgan fingerprint density at radius 2 is 1.78 bits per heavy atom. The largest absolute Gasteiger partial charge is 0.396 e. The third-order valence-electron chi connectivity index (χ3n) is 6.56. The van der Waals surface area contributed by atoms with Gasteiger partial charge < -0.3 is 19.5 Å². The van der Waals surface area contributed by atoms with Gasteiger partial charge in [0.1, 0.15) is 0 Å². The summed E-state index contributed by atoms with van der Waals surface area (Å²) in [6.07, 6.45) is 2.18. The van der Waals surface area contributed by atoms with E-state index in [1.807, 2.05) is 0 Å². The summed E-state index contributed by atoms with van der Waals surface area (Å²) in [7, 11) is 2.21. The third-order valence-corrected chi connectivity index (χ3v) is 6.56. The summed E-state index contributed by atoms with van der Waals surface area (Å²) >= 11 is 0. The zero-order valence-electron chi connectivity index (χ0n) is 16.8. The molecule has 0 saturated carbocycles. The van der Waals surface area contributed by atoms with E-state index in [0.717, 1.165) is 58.9 Å². The Hall–Kier alpha value is -1.40. The van der Waals surface area contributed by atoms with Gasteiger partial charge in [0.2, 0.25) is 0 Å². The van der Waals surface area contributed by atoms with Crippen LogP contribution in [0.4, 0.5) is 0 Å². The lowest BCUT2D eigenvalue weighted by atomic mass is 9.96. The molecule has 2 aliphatic heterocycles. The highest BCUT2D eigenvalue weighted by Gasteiger charge is 2.33. The first-order valence-corrected chi connectivity index (χ1v) is 10.5. The number of hydrogen-bond acceptors (Lipinski definition) is 4. The van der Waals surface area contributed by atoms with Crippen molar-refractivity contribution in [1.29, 1.82) is 0 Å². The third kappa shape index (κ3) is 4.21. The molecule has 0 aliphatic carbocycles. The van der Waals surface area contributed by atoms with Crippen LogP contribution in [0.2, 0.25) is 0 Å². The normalized spacial score (nSPS) is 25.6. The van der Waals surface area contributed by atoms with Gasteiger partial charge in [0.05, 0.1) is 0 Å². The second-order valence-electron chi connectivity index (χ2n) is 8.50. The van der Waals surface area contributed by atoms with Crippen LogP contribution in [0, 0.1) is 11.8 Å². The van der Waals surface area contributed by atoms with Gasteiger partial charge in [-0.05, 0) is 55.0 Å². The van der Waals surface area contributed by atoms with Crippen LogP contribution in [-0.2, 0) is 13.1 Å². The van der Waals surface area contributed by atoms with Crippen molar-refractivity contribution in [1.82, 2.24) is 19.3 Å². The van der Waals surface area contributed by atoms with E-state index in [2.05, 4.69) is 63.7 Å². The predicted molar refractivity (Wildman–Crippen MR) is 111 cm³/mol. The van der Waals surface area contributed by atoms with Gasteiger partial charge in [-0.2, -0.15) is 0 Å². The van der Waals surface area contributed by atoms with Crippen LogP contribution in [0.1, 0.15) is 12.5 Å². The first-order valence-electron chi connectivity index (χ1n) is 10.5. The summed E-state index contributed by atoms with van der Waals surface area (Å²) in [6.45, 7) is 12.4. The predicted octanol–water partition coefficient (Wildman–Crippen LogP) is 1.95. The minimum Gasteiger partial charge on any atom is -0.396 e. The summed E-state index contributed by atoms with van der Waals surface area (Å²) in [5.41, 5.74) is 2.71. The quantitative estimate of drug-likeness (QED) is 0.843. The fraction of sp³-hybridized carbons (Fsp3) is 0.636. The van der Waals surface area contributed by atoms with Crippen molar-refractivity contribution in [3.05, 3.63) is 36.0 Å². The first-order chi connectivity index (χ1) is 13.2. The zero-order valence-corrected chi connectivity index (χ0v) is 16.8. The molecule has 0 amide bonds. The summed E-state index contributed by atoms with van der Waals surface area (Å²) < 4.78 is 2.29. The second kappa shape index (κ2) is 8.31. The minimum absolute atomic E-state index is 0.313. The number of aromatic nitrogens is 1. The molecule has 4 rings (SSSR count). The standard InChI is InChI=1S/C22H34N4O/c1-3-26-7-6-19-12-18(4-5-22(19)26)13-25-15-20(21(16-25)17-27)14-24-10-8-23(2)9-11-24/h4-7,12,20-21,27H,3,8-11,13-17H2,1-2H3/t20-,21-/m1/s1. The summed E-state index contributed by atoms with van der Waals surface area (Å²) in [5.74, 6) is 0.998. The van der Waals surface area contributed by atoms with Gasteiger partial charge in [-0.3, -0.25) is 4.90 Å². The zero-order chi connectivity index (χ0) is 18.8. The Morgan fingerprint density at radius 1 is 1.00 bits per heavy atom. The number of nitrogens with zero attached hydrogens (tertiary/aromatic N) is 4. The highest BCUT2D eigenvalue weighted by molar-refractivity contribution is 5.80. The summed E-state index contributed by atoms with van der Waals surface area (Å²) in [5, 5.41) is 11.2. The number of hydrogen-bond donors (Lipinski definition) is 1. The van der Waals surface area contributed by atoms with Gasteiger partial charge in [0.15, 0.2) is 0 Å². The number of likely N-dealkylation sites (tertiary alicyclic amines) is 1. The molecule has 5 nitrogen and oxygen atoms in total. The fourth-order valence-corrected chi connectivity index (χ4v) is 4.82. The van der Waals surface area contributed by atoms with Gasteiger partial charge in [-0.1, -0.05) is 6.07 Å². The van der Waals surface area contributed by atoms with Crippen molar-refractivity contribution in [3.63, 3.8) is 0 Å². The van der Waals surface area contributed by atoms with E-state index in [9.17, 15) is 5.11 Å². The molecule has 0 radical (unpaired) electrons. The smallest absolute Gasteiger partial charge is 0.0480 e. The van der Waals surface area contributed by atoms with Crippen molar-refractivity contribution in [2.75, 3.05) is 59.5 Å². The SMILES string of the molecule is CCn1ccc2cc(CN3C[C@@H](CN4CCN(C)CC4)[C@@H](CO)C3)ccc21. The van der Waals surface area contributed by atoms with Gasteiger partial charge in [0, 0.05) is 77.2 Å². The summed E-state index contributed by atoms with van der Waals surface area (Å²) in [4.78, 5) is 7.54. The highest BCUT2D eigenvalue weighted by atomic mass is 16.3. The van der Waals surface area contributed by atoms with Gasteiger partial charge in [-0.15, -0.1) is 0 Å². The van der Waals surface area contributed by atoms with E-state index >= 15 is 0 Å². The Labute approximate surface area is 163 Å². The molecule has 1 N–H and O–H groups in total.